The summed E-state index contributed by atoms with van der Waals surface area (Å²) < 4.78 is 25.9. The Bertz CT molecular complexity index is 414. The second-order valence-corrected chi connectivity index (χ2v) is 5.39. The lowest BCUT2D eigenvalue weighted by Crippen LogP contribution is -2.19. The van der Waals surface area contributed by atoms with Crippen molar-refractivity contribution in [3.8, 4) is 0 Å². The molecule has 0 amide bonds. The highest BCUT2D eigenvalue weighted by Crippen LogP contribution is 2.19. The molecule has 0 radical (unpaired) electrons. The van der Waals surface area contributed by atoms with Gasteiger partial charge in [0.2, 0.25) is 10.0 Å². The molecule has 5 heteroatoms. The van der Waals surface area contributed by atoms with Crippen molar-refractivity contribution >= 4 is 26.0 Å². The first-order valence-electron chi connectivity index (χ1n) is 3.67. The standard InChI is InChI=1S/C8H10BrNO2S/c1-6-3-4-7(9)5-8(6)13(11,12)10-2/h3-5,10H,1-2H3. The van der Waals surface area contributed by atoms with Crippen LogP contribution in [0.4, 0.5) is 0 Å². The van der Waals surface area contributed by atoms with E-state index in [1.165, 1.54) is 7.05 Å². The quantitative estimate of drug-likeness (QED) is 0.883. The van der Waals surface area contributed by atoms with Crippen LogP contribution in [0.2, 0.25) is 0 Å². The van der Waals surface area contributed by atoms with Crippen LogP contribution in [-0.4, -0.2) is 15.5 Å². The van der Waals surface area contributed by atoms with Gasteiger partial charge in [0.25, 0.3) is 0 Å². The second kappa shape index (κ2) is 3.77. The van der Waals surface area contributed by atoms with Crippen LogP contribution < -0.4 is 4.72 Å². The van der Waals surface area contributed by atoms with Gasteiger partial charge in [0.05, 0.1) is 4.90 Å². The van der Waals surface area contributed by atoms with Gasteiger partial charge in [0.1, 0.15) is 0 Å². The average Bonchev–Trinajstić information content (AvgIpc) is 2.09. The molecule has 3 nitrogen and oxygen atoms in total. The SMILES string of the molecule is CNS(=O)(=O)c1cc(Br)ccc1C. The molecule has 0 heterocycles. The number of aryl methyl sites for hydroxylation is 1. The van der Waals surface area contributed by atoms with Crippen LogP contribution in [0.1, 0.15) is 5.56 Å². The Labute approximate surface area is 86.3 Å². The van der Waals surface area contributed by atoms with E-state index in [-0.39, 0.29) is 0 Å². The van der Waals surface area contributed by atoms with Gasteiger partial charge in [-0.15, -0.1) is 0 Å². The summed E-state index contributed by atoms with van der Waals surface area (Å²) >= 11 is 3.23. The number of hydrogen-bond acceptors (Lipinski definition) is 2. The van der Waals surface area contributed by atoms with Crippen LogP contribution in [0.25, 0.3) is 0 Å². The zero-order valence-electron chi connectivity index (χ0n) is 7.33. The van der Waals surface area contributed by atoms with E-state index in [1.807, 2.05) is 6.07 Å². The van der Waals surface area contributed by atoms with Gasteiger partial charge in [0, 0.05) is 4.47 Å². The van der Waals surface area contributed by atoms with Crippen LogP contribution >= 0.6 is 15.9 Å². The van der Waals surface area contributed by atoms with Gasteiger partial charge in [-0.05, 0) is 31.7 Å². The fraction of sp³-hybridized carbons (Fsp3) is 0.250. The molecule has 0 aromatic heterocycles. The van der Waals surface area contributed by atoms with E-state index in [1.54, 1.807) is 19.1 Å². The zero-order chi connectivity index (χ0) is 10.1. The minimum Gasteiger partial charge on any atom is -0.214 e. The smallest absolute Gasteiger partial charge is 0.214 e. The highest BCUT2D eigenvalue weighted by molar-refractivity contribution is 9.10. The topological polar surface area (TPSA) is 46.2 Å². The van der Waals surface area contributed by atoms with E-state index in [0.29, 0.717) is 4.90 Å². The molecular formula is C8H10BrNO2S. The number of sulfonamides is 1. The third kappa shape index (κ3) is 2.30. The van der Waals surface area contributed by atoms with Gasteiger partial charge in [-0.1, -0.05) is 22.0 Å². The molecule has 1 aromatic rings. The first kappa shape index (κ1) is 10.7. The van der Waals surface area contributed by atoms with Crippen molar-refractivity contribution in [1.29, 1.82) is 0 Å². The fourth-order valence-electron chi connectivity index (χ4n) is 0.973. The summed E-state index contributed by atoms with van der Waals surface area (Å²) in [5.41, 5.74) is 0.734. The number of hydrogen-bond donors (Lipinski definition) is 1. The molecule has 0 saturated heterocycles. The maximum absolute atomic E-state index is 11.4. The molecule has 0 aliphatic rings. The van der Waals surface area contributed by atoms with Crippen LogP contribution in [0.5, 0.6) is 0 Å². The molecule has 0 fully saturated rings. The third-order valence-electron chi connectivity index (χ3n) is 1.71. The molecule has 0 aliphatic carbocycles. The Hall–Kier alpha value is -0.390. The van der Waals surface area contributed by atoms with E-state index in [4.69, 9.17) is 0 Å². The first-order chi connectivity index (χ1) is 5.97. The van der Waals surface area contributed by atoms with E-state index >= 15 is 0 Å². The summed E-state index contributed by atoms with van der Waals surface area (Å²) in [5, 5.41) is 0. The molecule has 0 atom stereocenters. The summed E-state index contributed by atoms with van der Waals surface area (Å²) in [6.07, 6.45) is 0. The van der Waals surface area contributed by atoms with E-state index < -0.39 is 10.0 Å². The molecule has 0 unspecified atom stereocenters. The lowest BCUT2D eigenvalue weighted by Gasteiger charge is -2.05. The monoisotopic (exact) mass is 263 g/mol. The molecule has 0 bridgehead atoms. The molecule has 0 aliphatic heterocycles. The average molecular weight is 264 g/mol. The molecule has 1 N–H and O–H groups in total. The predicted molar refractivity (Wildman–Crippen MR) is 55.1 cm³/mol. The zero-order valence-corrected chi connectivity index (χ0v) is 9.74. The maximum Gasteiger partial charge on any atom is 0.240 e. The molecule has 1 aromatic carbocycles. The van der Waals surface area contributed by atoms with Gasteiger partial charge in [-0.25, -0.2) is 13.1 Å². The highest BCUT2D eigenvalue weighted by atomic mass is 79.9. The van der Waals surface area contributed by atoms with Crippen molar-refractivity contribution in [2.24, 2.45) is 0 Å². The fourth-order valence-corrected chi connectivity index (χ4v) is 2.48. The summed E-state index contributed by atoms with van der Waals surface area (Å²) in [6, 6.07) is 5.15. The lowest BCUT2D eigenvalue weighted by atomic mass is 10.2. The summed E-state index contributed by atoms with van der Waals surface area (Å²) in [7, 11) is -1.93. The Morgan fingerprint density at radius 3 is 2.54 bits per heavy atom. The Morgan fingerprint density at radius 2 is 2.00 bits per heavy atom. The van der Waals surface area contributed by atoms with E-state index in [0.717, 1.165) is 10.0 Å². The lowest BCUT2D eigenvalue weighted by molar-refractivity contribution is 0.587. The number of benzene rings is 1. The number of halogens is 1. The minimum absolute atomic E-state index is 0.310. The summed E-state index contributed by atoms with van der Waals surface area (Å²) in [6.45, 7) is 1.76. The van der Waals surface area contributed by atoms with Crippen molar-refractivity contribution in [2.45, 2.75) is 11.8 Å². The normalized spacial score (nSPS) is 11.6. The van der Waals surface area contributed by atoms with Crippen molar-refractivity contribution in [2.75, 3.05) is 7.05 Å². The van der Waals surface area contributed by atoms with Gasteiger partial charge >= 0.3 is 0 Å². The van der Waals surface area contributed by atoms with Crippen molar-refractivity contribution in [1.82, 2.24) is 4.72 Å². The van der Waals surface area contributed by atoms with Gasteiger partial charge in [-0.2, -0.15) is 0 Å². The van der Waals surface area contributed by atoms with Crippen LogP contribution in [0.15, 0.2) is 27.6 Å². The first-order valence-corrected chi connectivity index (χ1v) is 5.94. The molecule has 0 saturated carbocycles. The van der Waals surface area contributed by atoms with Crippen LogP contribution in [0, 0.1) is 6.92 Å². The minimum atomic E-state index is -3.33. The van der Waals surface area contributed by atoms with Crippen molar-refractivity contribution in [3.63, 3.8) is 0 Å². The van der Waals surface area contributed by atoms with E-state index in [9.17, 15) is 8.42 Å². The van der Waals surface area contributed by atoms with E-state index in [2.05, 4.69) is 20.7 Å². The molecule has 1 rings (SSSR count). The molecule has 72 valence electrons. The van der Waals surface area contributed by atoms with Crippen molar-refractivity contribution in [3.05, 3.63) is 28.2 Å². The van der Waals surface area contributed by atoms with Gasteiger partial charge in [0.15, 0.2) is 0 Å². The highest BCUT2D eigenvalue weighted by Gasteiger charge is 2.13. The van der Waals surface area contributed by atoms with Gasteiger partial charge < -0.3 is 0 Å². The maximum atomic E-state index is 11.4. The largest absolute Gasteiger partial charge is 0.240 e. The van der Waals surface area contributed by atoms with Gasteiger partial charge in [-0.3, -0.25) is 0 Å². The summed E-state index contributed by atoms with van der Waals surface area (Å²) in [4.78, 5) is 0.310. The Morgan fingerprint density at radius 1 is 1.38 bits per heavy atom. The van der Waals surface area contributed by atoms with Crippen LogP contribution in [0.3, 0.4) is 0 Å². The Balaban J connectivity index is 3.38. The second-order valence-electron chi connectivity index (χ2n) is 2.62. The number of rotatable bonds is 2. The molecule has 0 spiro atoms. The van der Waals surface area contributed by atoms with Crippen LogP contribution in [-0.2, 0) is 10.0 Å². The number of nitrogens with one attached hydrogen (secondary N) is 1. The van der Waals surface area contributed by atoms with Crippen molar-refractivity contribution < 1.29 is 8.42 Å². The summed E-state index contributed by atoms with van der Waals surface area (Å²) in [5.74, 6) is 0. The Kier molecular flexibility index (Phi) is 3.10. The molecule has 13 heavy (non-hydrogen) atoms. The molecular weight excluding hydrogens is 254 g/mol. The predicted octanol–water partition coefficient (Wildman–Crippen LogP) is 1.67. The third-order valence-corrected chi connectivity index (χ3v) is 3.76.